The first-order valence-electron chi connectivity index (χ1n) is 6.51. The molecule has 19 heavy (non-hydrogen) atoms. The predicted molar refractivity (Wildman–Crippen MR) is 71.3 cm³/mol. The number of ether oxygens (including phenoxy) is 1. The number of nitrogens with one attached hydrogen (secondary N) is 1. The maximum absolute atomic E-state index is 14.1. The van der Waals surface area contributed by atoms with Crippen LogP contribution in [0.5, 0.6) is 0 Å². The molecule has 0 bridgehead atoms. The molecule has 0 saturated carbocycles. The van der Waals surface area contributed by atoms with Crippen LogP contribution in [0.3, 0.4) is 0 Å². The van der Waals surface area contributed by atoms with Crippen molar-refractivity contribution in [2.75, 3.05) is 25.6 Å². The first-order chi connectivity index (χ1) is 9.04. The van der Waals surface area contributed by atoms with Crippen molar-refractivity contribution in [1.82, 2.24) is 5.32 Å². The minimum Gasteiger partial charge on any atom is -0.376 e. The molecule has 0 aromatic heterocycles. The quantitative estimate of drug-likeness (QED) is 0.908. The van der Waals surface area contributed by atoms with Gasteiger partial charge in [0.05, 0.1) is 12.1 Å². The van der Waals surface area contributed by atoms with Crippen molar-refractivity contribution in [3.63, 3.8) is 0 Å². The smallest absolute Gasteiger partial charge is 0.149 e. The van der Waals surface area contributed by atoms with Gasteiger partial charge in [-0.15, -0.1) is 0 Å². The van der Waals surface area contributed by atoms with Crippen LogP contribution in [-0.2, 0) is 11.3 Å². The summed E-state index contributed by atoms with van der Waals surface area (Å²) in [6.45, 7) is 3.01. The van der Waals surface area contributed by atoms with Gasteiger partial charge in [0, 0.05) is 20.2 Å². The second-order valence-corrected chi connectivity index (χ2v) is 4.98. The van der Waals surface area contributed by atoms with Gasteiger partial charge in [0.2, 0.25) is 0 Å². The summed E-state index contributed by atoms with van der Waals surface area (Å²) < 4.78 is 33.7. The predicted octanol–water partition coefficient (Wildman–Crippen LogP) is 2.30. The third-order valence-electron chi connectivity index (χ3n) is 3.64. The molecule has 0 radical (unpaired) electrons. The average molecular weight is 270 g/mol. The molecular weight excluding hydrogens is 250 g/mol. The highest BCUT2D eigenvalue weighted by Crippen LogP contribution is 2.29. The van der Waals surface area contributed by atoms with E-state index in [0.29, 0.717) is 18.7 Å². The Labute approximate surface area is 112 Å². The zero-order valence-electron chi connectivity index (χ0n) is 11.5. The number of benzene rings is 1. The highest BCUT2D eigenvalue weighted by molar-refractivity contribution is 5.51. The highest BCUT2D eigenvalue weighted by Gasteiger charge is 2.30. The molecule has 3 nitrogen and oxygen atoms in total. The van der Waals surface area contributed by atoms with E-state index in [1.807, 2.05) is 6.92 Å². The summed E-state index contributed by atoms with van der Waals surface area (Å²) in [5, 5.41) is 2.88. The van der Waals surface area contributed by atoms with Gasteiger partial charge in [-0.3, -0.25) is 0 Å². The van der Waals surface area contributed by atoms with E-state index in [2.05, 4.69) is 5.32 Å². The van der Waals surface area contributed by atoms with E-state index in [0.717, 1.165) is 6.42 Å². The SMILES string of the molecule is CNCc1cc(F)c(N(C)C2CCOC2C)c(F)c1. The van der Waals surface area contributed by atoms with Crippen molar-refractivity contribution >= 4 is 5.69 Å². The summed E-state index contributed by atoms with van der Waals surface area (Å²) in [7, 11) is 3.46. The number of rotatable bonds is 4. The molecule has 1 aliphatic rings. The van der Waals surface area contributed by atoms with E-state index in [4.69, 9.17) is 4.74 Å². The van der Waals surface area contributed by atoms with Crippen LogP contribution < -0.4 is 10.2 Å². The summed E-state index contributed by atoms with van der Waals surface area (Å²) in [4.78, 5) is 1.66. The molecule has 0 aliphatic carbocycles. The first kappa shape index (κ1) is 14.2. The number of nitrogens with zero attached hydrogens (tertiary/aromatic N) is 1. The Morgan fingerprint density at radius 1 is 1.37 bits per heavy atom. The van der Waals surface area contributed by atoms with Crippen molar-refractivity contribution < 1.29 is 13.5 Å². The number of hydrogen-bond donors (Lipinski definition) is 1. The molecule has 1 aliphatic heterocycles. The van der Waals surface area contributed by atoms with Gasteiger partial charge < -0.3 is 15.0 Å². The summed E-state index contributed by atoms with van der Waals surface area (Å²) in [5.74, 6) is -1.04. The minimum atomic E-state index is -0.521. The van der Waals surface area contributed by atoms with Crippen LogP contribution in [0, 0.1) is 11.6 Å². The molecule has 1 saturated heterocycles. The van der Waals surface area contributed by atoms with Gasteiger partial charge in [-0.05, 0) is 38.1 Å². The lowest BCUT2D eigenvalue weighted by Crippen LogP contribution is -2.37. The number of likely N-dealkylation sites (N-methyl/N-ethyl adjacent to an activating group) is 1. The van der Waals surface area contributed by atoms with Crippen LogP contribution in [-0.4, -0.2) is 32.8 Å². The van der Waals surface area contributed by atoms with Crippen LogP contribution in [0.15, 0.2) is 12.1 Å². The lowest BCUT2D eigenvalue weighted by molar-refractivity contribution is 0.118. The number of hydrogen-bond acceptors (Lipinski definition) is 3. The molecule has 2 rings (SSSR count). The highest BCUT2D eigenvalue weighted by atomic mass is 19.1. The second-order valence-electron chi connectivity index (χ2n) is 4.98. The summed E-state index contributed by atoms with van der Waals surface area (Å²) in [5.41, 5.74) is 0.632. The molecular formula is C14H20F2N2O. The zero-order valence-corrected chi connectivity index (χ0v) is 11.5. The lowest BCUT2D eigenvalue weighted by Gasteiger charge is -2.29. The molecule has 106 valence electrons. The molecule has 1 aromatic carbocycles. The van der Waals surface area contributed by atoms with Crippen LogP contribution >= 0.6 is 0 Å². The molecule has 5 heteroatoms. The third-order valence-corrected chi connectivity index (χ3v) is 3.64. The summed E-state index contributed by atoms with van der Waals surface area (Å²) >= 11 is 0. The number of halogens is 2. The Balaban J connectivity index is 2.28. The van der Waals surface area contributed by atoms with Crippen molar-refractivity contribution in [2.45, 2.75) is 32.0 Å². The van der Waals surface area contributed by atoms with E-state index < -0.39 is 11.6 Å². The van der Waals surface area contributed by atoms with Gasteiger partial charge in [0.15, 0.2) is 0 Å². The van der Waals surface area contributed by atoms with Crippen LogP contribution in [0.2, 0.25) is 0 Å². The van der Waals surface area contributed by atoms with Crippen molar-refractivity contribution in [1.29, 1.82) is 0 Å². The van der Waals surface area contributed by atoms with Crippen molar-refractivity contribution in [3.05, 3.63) is 29.3 Å². The van der Waals surface area contributed by atoms with Gasteiger partial charge in [0.25, 0.3) is 0 Å². The Morgan fingerprint density at radius 2 is 2.00 bits per heavy atom. The van der Waals surface area contributed by atoms with Gasteiger partial charge in [-0.1, -0.05) is 0 Å². The molecule has 1 fully saturated rings. The monoisotopic (exact) mass is 270 g/mol. The second kappa shape index (κ2) is 5.84. The van der Waals surface area contributed by atoms with Crippen molar-refractivity contribution in [2.24, 2.45) is 0 Å². The van der Waals surface area contributed by atoms with Gasteiger partial charge >= 0.3 is 0 Å². The van der Waals surface area contributed by atoms with Gasteiger partial charge in [-0.25, -0.2) is 8.78 Å². The normalized spacial score (nSPS) is 22.8. The topological polar surface area (TPSA) is 24.5 Å². The summed E-state index contributed by atoms with van der Waals surface area (Å²) in [6, 6.07) is 2.77. The van der Waals surface area contributed by atoms with E-state index in [-0.39, 0.29) is 17.8 Å². The Hall–Kier alpha value is -1.20. The molecule has 1 N–H and O–H groups in total. The maximum Gasteiger partial charge on any atom is 0.149 e. The fourth-order valence-electron chi connectivity index (χ4n) is 2.66. The molecule has 1 aromatic rings. The Morgan fingerprint density at radius 3 is 2.47 bits per heavy atom. The Kier molecular flexibility index (Phi) is 4.37. The molecule has 0 amide bonds. The molecule has 2 atom stereocenters. The van der Waals surface area contributed by atoms with Crippen LogP contribution in [0.25, 0.3) is 0 Å². The Bertz CT molecular complexity index is 430. The van der Waals surface area contributed by atoms with Gasteiger partial charge in [0.1, 0.15) is 17.3 Å². The van der Waals surface area contributed by atoms with E-state index in [1.165, 1.54) is 12.1 Å². The summed E-state index contributed by atoms with van der Waals surface area (Å²) in [6.07, 6.45) is 0.773. The van der Waals surface area contributed by atoms with Gasteiger partial charge in [-0.2, -0.15) is 0 Å². The fourth-order valence-corrected chi connectivity index (χ4v) is 2.66. The average Bonchev–Trinajstić information content (AvgIpc) is 2.74. The first-order valence-corrected chi connectivity index (χ1v) is 6.51. The molecule has 2 unspecified atom stereocenters. The standard InChI is InChI=1S/C14H20F2N2O/c1-9-13(4-5-19-9)18(3)14-11(15)6-10(8-17-2)7-12(14)16/h6-7,9,13,17H,4-5,8H2,1-3H3. The van der Waals surface area contributed by atoms with E-state index >= 15 is 0 Å². The zero-order chi connectivity index (χ0) is 14.0. The number of anilines is 1. The van der Waals surface area contributed by atoms with Crippen LogP contribution in [0.1, 0.15) is 18.9 Å². The lowest BCUT2D eigenvalue weighted by atomic mass is 10.1. The van der Waals surface area contributed by atoms with E-state index in [1.54, 1.807) is 19.0 Å². The largest absolute Gasteiger partial charge is 0.376 e. The molecule has 0 spiro atoms. The maximum atomic E-state index is 14.1. The molecule has 1 heterocycles. The fraction of sp³-hybridized carbons (Fsp3) is 0.571. The van der Waals surface area contributed by atoms with Crippen LogP contribution in [0.4, 0.5) is 14.5 Å². The minimum absolute atomic E-state index is 0.0131. The third kappa shape index (κ3) is 2.87. The van der Waals surface area contributed by atoms with E-state index in [9.17, 15) is 8.78 Å². The van der Waals surface area contributed by atoms with Crippen molar-refractivity contribution in [3.8, 4) is 0 Å².